The molecule has 0 saturated carbocycles. The van der Waals surface area contributed by atoms with Gasteiger partial charge >= 0.3 is 0 Å². The average Bonchev–Trinajstić information content (AvgIpc) is 2.84. The van der Waals surface area contributed by atoms with Gasteiger partial charge in [0.15, 0.2) is 11.9 Å². The molecule has 1 N–H and O–H groups in total. The summed E-state index contributed by atoms with van der Waals surface area (Å²) in [7, 11) is 0. The van der Waals surface area contributed by atoms with E-state index in [1.165, 1.54) is 0 Å². The van der Waals surface area contributed by atoms with Crippen molar-refractivity contribution in [2.24, 2.45) is 0 Å². The molecule has 1 unspecified atom stereocenters. The SMILES string of the molecule is Cc1ccc(C(C)C)c(OC(C)C(=O)Nc2nonc2C)c1. The largest absolute Gasteiger partial charge is 0.481 e. The van der Waals surface area contributed by atoms with Gasteiger partial charge in [-0.15, -0.1) is 0 Å². The molecule has 22 heavy (non-hydrogen) atoms. The topological polar surface area (TPSA) is 77.2 Å². The highest BCUT2D eigenvalue weighted by Gasteiger charge is 2.19. The second kappa shape index (κ2) is 6.60. The monoisotopic (exact) mass is 303 g/mol. The number of carbonyl (C=O) groups excluding carboxylic acids is 1. The highest BCUT2D eigenvalue weighted by Crippen LogP contribution is 2.28. The fraction of sp³-hybridized carbons (Fsp3) is 0.438. The van der Waals surface area contributed by atoms with Crippen molar-refractivity contribution in [1.82, 2.24) is 10.3 Å². The second-order valence-corrected chi connectivity index (χ2v) is 5.64. The van der Waals surface area contributed by atoms with E-state index in [1.54, 1.807) is 13.8 Å². The average molecular weight is 303 g/mol. The standard InChI is InChI=1S/C16H21N3O3/c1-9(2)13-7-6-10(3)8-14(13)21-12(5)16(20)17-15-11(4)18-22-19-15/h6-9,12H,1-5H3,(H,17,19,20). The fourth-order valence-corrected chi connectivity index (χ4v) is 2.03. The third kappa shape index (κ3) is 3.63. The van der Waals surface area contributed by atoms with Gasteiger partial charge in [0.25, 0.3) is 5.91 Å². The minimum Gasteiger partial charge on any atom is -0.481 e. The molecule has 1 atom stereocenters. The Labute approximate surface area is 129 Å². The van der Waals surface area contributed by atoms with E-state index in [0.717, 1.165) is 16.9 Å². The van der Waals surface area contributed by atoms with Gasteiger partial charge in [-0.2, -0.15) is 0 Å². The lowest BCUT2D eigenvalue weighted by Gasteiger charge is -2.19. The number of aryl methyl sites for hydroxylation is 2. The fourth-order valence-electron chi connectivity index (χ4n) is 2.03. The number of nitrogens with one attached hydrogen (secondary N) is 1. The number of amides is 1. The van der Waals surface area contributed by atoms with Crippen LogP contribution in [0.2, 0.25) is 0 Å². The maximum atomic E-state index is 12.2. The van der Waals surface area contributed by atoms with Crippen molar-refractivity contribution < 1.29 is 14.2 Å². The molecule has 0 fully saturated rings. The highest BCUT2D eigenvalue weighted by molar-refractivity contribution is 5.93. The molecule has 0 spiro atoms. The van der Waals surface area contributed by atoms with Gasteiger partial charge in [-0.25, -0.2) is 4.63 Å². The predicted octanol–water partition coefficient (Wildman–Crippen LogP) is 3.22. The van der Waals surface area contributed by atoms with Crippen LogP contribution in [0.25, 0.3) is 0 Å². The van der Waals surface area contributed by atoms with E-state index in [4.69, 9.17) is 4.74 Å². The Bertz CT molecular complexity index is 664. The number of hydrogen-bond acceptors (Lipinski definition) is 5. The van der Waals surface area contributed by atoms with Gasteiger partial charge in [-0.1, -0.05) is 31.1 Å². The number of rotatable bonds is 5. The minimum absolute atomic E-state index is 0.296. The van der Waals surface area contributed by atoms with E-state index in [-0.39, 0.29) is 5.91 Å². The van der Waals surface area contributed by atoms with E-state index < -0.39 is 6.10 Å². The van der Waals surface area contributed by atoms with Gasteiger partial charge in [0, 0.05) is 0 Å². The molecule has 1 heterocycles. The number of carbonyl (C=O) groups is 1. The van der Waals surface area contributed by atoms with Crippen LogP contribution in [0.4, 0.5) is 5.82 Å². The van der Waals surface area contributed by atoms with Crippen LogP contribution in [-0.2, 0) is 4.79 Å². The molecule has 2 aromatic rings. The summed E-state index contributed by atoms with van der Waals surface area (Å²) >= 11 is 0. The lowest BCUT2D eigenvalue weighted by Crippen LogP contribution is -2.30. The first kappa shape index (κ1) is 16.0. The Morgan fingerprint density at radius 1 is 1.23 bits per heavy atom. The molecule has 1 amide bonds. The Kier molecular flexibility index (Phi) is 4.80. The van der Waals surface area contributed by atoms with E-state index in [1.807, 2.05) is 25.1 Å². The molecule has 0 aliphatic heterocycles. The minimum atomic E-state index is -0.657. The van der Waals surface area contributed by atoms with Crippen LogP contribution >= 0.6 is 0 Å². The van der Waals surface area contributed by atoms with Crippen LogP contribution in [0.15, 0.2) is 22.8 Å². The summed E-state index contributed by atoms with van der Waals surface area (Å²) in [4.78, 5) is 12.2. The van der Waals surface area contributed by atoms with E-state index in [9.17, 15) is 4.79 Å². The molecule has 6 nitrogen and oxygen atoms in total. The number of ether oxygens (including phenoxy) is 1. The summed E-state index contributed by atoms with van der Waals surface area (Å²) in [6, 6.07) is 6.02. The van der Waals surface area contributed by atoms with Crippen molar-refractivity contribution in [3.63, 3.8) is 0 Å². The van der Waals surface area contributed by atoms with Gasteiger partial charge in [0.1, 0.15) is 11.4 Å². The third-order valence-electron chi connectivity index (χ3n) is 3.36. The third-order valence-corrected chi connectivity index (χ3v) is 3.36. The molecule has 1 aromatic heterocycles. The summed E-state index contributed by atoms with van der Waals surface area (Å²) in [5, 5.41) is 9.89. The molecule has 0 saturated heterocycles. The van der Waals surface area contributed by atoms with E-state index in [0.29, 0.717) is 17.4 Å². The van der Waals surface area contributed by atoms with Crippen LogP contribution in [0.1, 0.15) is 43.5 Å². The summed E-state index contributed by atoms with van der Waals surface area (Å²) in [5.74, 6) is 1.06. The molecule has 2 rings (SSSR count). The quantitative estimate of drug-likeness (QED) is 0.917. The summed E-state index contributed by atoms with van der Waals surface area (Å²) < 4.78 is 10.4. The normalized spacial score (nSPS) is 12.3. The molecule has 0 aliphatic rings. The van der Waals surface area contributed by atoms with Gasteiger partial charge in [-0.05, 0) is 49.0 Å². The molecule has 0 radical (unpaired) electrons. The zero-order valence-corrected chi connectivity index (χ0v) is 13.5. The van der Waals surface area contributed by atoms with Gasteiger partial charge in [0.2, 0.25) is 0 Å². The first-order valence-electron chi connectivity index (χ1n) is 7.25. The zero-order chi connectivity index (χ0) is 16.3. The lowest BCUT2D eigenvalue weighted by atomic mass is 10.0. The Hall–Kier alpha value is -2.37. The van der Waals surface area contributed by atoms with Gasteiger partial charge < -0.3 is 10.1 Å². The zero-order valence-electron chi connectivity index (χ0n) is 13.5. The number of anilines is 1. The van der Waals surface area contributed by atoms with Crippen molar-refractivity contribution in [1.29, 1.82) is 0 Å². The van der Waals surface area contributed by atoms with Crippen molar-refractivity contribution in [2.45, 2.75) is 46.6 Å². The number of nitrogens with zero attached hydrogens (tertiary/aromatic N) is 2. The van der Waals surface area contributed by atoms with Crippen LogP contribution < -0.4 is 10.1 Å². The van der Waals surface area contributed by atoms with Crippen molar-refractivity contribution in [2.75, 3.05) is 5.32 Å². The first-order valence-corrected chi connectivity index (χ1v) is 7.25. The smallest absolute Gasteiger partial charge is 0.266 e. The predicted molar refractivity (Wildman–Crippen MR) is 83.0 cm³/mol. The molecular formula is C16H21N3O3. The molecule has 1 aromatic carbocycles. The van der Waals surface area contributed by atoms with Crippen molar-refractivity contribution in [3.05, 3.63) is 35.0 Å². The second-order valence-electron chi connectivity index (χ2n) is 5.64. The Morgan fingerprint density at radius 3 is 2.55 bits per heavy atom. The van der Waals surface area contributed by atoms with Crippen LogP contribution in [0.3, 0.4) is 0 Å². The summed E-state index contributed by atoms with van der Waals surface area (Å²) in [6.07, 6.45) is -0.657. The van der Waals surface area contributed by atoms with Crippen molar-refractivity contribution >= 4 is 11.7 Å². The maximum absolute atomic E-state index is 12.2. The number of aromatic nitrogens is 2. The van der Waals surface area contributed by atoms with Gasteiger partial charge in [0.05, 0.1) is 0 Å². The maximum Gasteiger partial charge on any atom is 0.266 e. The molecule has 6 heteroatoms. The van der Waals surface area contributed by atoms with E-state index >= 15 is 0 Å². The Morgan fingerprint density at radius 2 is 1.95 bits per heavy atom. The summed E-state index contributed by atoms with van der Waals surface area (Å²) in [6.45, 7) is 9.57. The number of benzene rings is 1. The van der Waals surface area contributed by atoms with E-state index in [2.05, 4.69) is 34.1 Å². The molecule has 0 aliphatic carbocycles. The van der Waals surface area contributed by atoms with Crippen LogP contribution in [-0.4, -0.2) is 22.3 Å². The Balaban J connectivity index is 2.11. The molecular weight excluding hydrogens is 282 g/mol. The van der Waals surface area contributed by atoms with Crippen LogP contribution in [0, 0.1) is 13.8 Å². The van der Waals surface area contributed by atoms with Crippen LogP contribution in [0.5, 0.6) is 5.75 Å². The molecule has 0 bridgehead atoms. The molecule has 118 valence electrons. The highest BCUT2D eigenvalue weighted by atomic mass is 16.6. The summed E-state index contributed by atoms with van der Waals surface area (Å²) in [5.41, 5.74) is 2.69. The number of hydrogen-bond donors (Lipinski definition) is 1. The lowest BCUT2D eigenvalue weighted by molar-refractivity contribution is -0.122. The van der Waals surface area contributed by atoms with Crippen molar-refractivity contribution in [3.8, 4) is 5.75 Å². The first-order chi connectivity index (χ1) is 10.4. The van der Waals surface area contributed by atoms with Gasteiger partial charge in [-0.3, -0.25) is 4.79 Å².